The molecule has 3 nitrogen and oxygen atoms in total. The molecule has 0 aromatic carbocycles. The molecule has 0 bridgehead atoms. The summed E-state index contributed by atoms with van der Waals surface area (Å²) >= 11 is 6.05. The van der Waals surface area contributed by atoms with Gasteiger partial charge >= 0.3 is 0 Å². The molecule has 1 aliphatic heterocycles. The van der Waals surface area contributed by atoms with E-state index in [4.69, 9.17) is 17.3 Å². The summed E-state index contributed by atoms with van der Waals surface area (Å²) in [6, 6.07) is 0. The van der Waals surface area contributed by atoms with Gasteiger partial charge in [-0.2, -0.15) is 0 Å². The lowest BCUT2D eigenvalue weighted by molar-refractivity contribution is -0.130. The highest BCUT2D eigenvalue weighted by atomic mass is 35.5. The van der Waals surface area contributed by atoms with E-state index in [1.807, 2.05) is 0 Å². The van der Waals surface area contributed by atoms with Crippen molar-refractivity contribution < 1.29 is 4.79 Å². The number of nitrogens with zero attached hydrogens (tertiary/aromatic N) is 1. The number of rotatable bonds is 1. The van der Waals surface area contributed by atoms with Gasteiger partial charge in [-0.1, -0.05) is 0 Å². The second-order valence-electron chi connectivity index (χ2n) is 3.27. The van der Waals surface area contributed by atoms with Crippen LogP contribution in [0.2, 0.25) is 0 Å². The van der Waals surface area contributed by atoms with Crippen molar-refractivity contribution in [1.82, 2.24) is 4.90 Å². The van der Waals surface area contributed by atoms with Crippen LogP contribution in [0.25, 0.3) is 0 Å². The number of carbonyl (C=O) groups excluding carboxylic acids is 1. The van der Waals surface area contributed by atoms with Gasteiger partial charge in [0.15, 0.2) is 0 Å². The molecule has 0 saturated carbocycles. The van der Waals surface area contributed by atoms with E-state index in [-0.39, 0.29) is 11.3 Å². The summed E-state index contributed by atoms with van der Waals surface area (Å²) < 4.78 is 0. The zero-order valence-corrected chi connectivity index (χ0v) is 8.05. The molecule has 0 aliphatic carbocycles. The van der Waals surface area contributed by atoms with E-state index in [9.17, 15) is 4.79 Å². The first-order valence-corrected chi connectivity index (χ1v) is 4.68. The Kier molecular flexibility index (Phi) is 3.35. The van der Waals surface area contributed by atoms with Gasteiger partial charge in [-0.3, -0.25) is 4.79 Å². The van der Waals surface area contributed by atoms with Crippen LogP contribution >= 0.6 is 11.6 Å². The number of carbonyl (C=O) groups is 1. The monoisotopic (exact) mass is 190 g/mol. The van der Waals surface area contributed by atoms with Crippen molar-refractivity contribution in [1.29, 1.82) is 0 Å². The van der Waals surface area contributed by atoms with Crippen molar-refractivity contribution in [2.45, 2.75) is 18.7 Å². The minimum atomic E-state index is 0.0349. The van der Waals surface area contributed by atoms with E-state index < -0.39 is 0 Å². The van der Waals surface area contributed by atoms with Crippen LogP contribution in [-0.4, -0.2) is 35.8 Å². The van der Waals surface area contributed by atoms with Crippen LogP contribution in [0.1, 0.15) is 13.3 Å². The van der Waals surface area contributed by atoms with Gasteiger partial charge in [-0.25, -0.2) is 0 Å². The molecule has 0 aromatic heterocycles. The van der Waals surface area contributed by atoms with Gasteiger partial charge in [0.05, 0.1) is 5.38 Å². The molecule has 2 unspecified atom stereocenters. The Hall–Kier alpha value is -0.280. The maximum Gasteiger partial charge on any atom is 0.219 e. The van der Waals surface area contributed by atoms with E-state index in [1.54, 1.807) is 11.8 Å². The highest BCUT2D eigenvalue weighted by molar-refractivity contribution is 6.21. The van der Waals surface area contributed by atoms with E-state index in [2.05, 4.69) is 0 Å². The molecule has 1 amide bonds. The van der Waals surface area contributed by atoms with Crippen LogP contribution in [0.3, 0.4) is 0 Å². The highest BCUT2D eigenvalue weighted by Gasteiger charge is 2.27. The fourth-order valence-electron chi connectivity index (χ4n) is 1.50. The third kappa shape index (κ3) is 2.11. The van der Waals surface area contributed by atoms with Crippen molar-refractivity contribution in [3.05, 3.63) is 0 Å². The second-order valence-corrected chi connectivity index (χ2v) is 3.83. The molecular formula is C8H15ClN2O. The lowest BCUT2D eigenvalue weighted by Crippen LogP contribution is -2.45. The number of alkyl halides is 1. The normalized spacial score (nSPS) is 30.4. The number of nitrogens with two attached hydrogens (primary N) is 1. The molecule has 0 spiro atoms. The van der Waals surface area contributed by atoms with Crippen LogP contribution in [0.5, 0.6) is 0 Å². The zero-order chi connectivity index (χ0) is 9.14. The van der Waals surface area contributed by atoms with Crippen LogP contribution in [0, 0.1) is 5.92 Å². The molecule has 1 saturated heterocycles. The summed E-state index contributed by atoms with van der Waals surface area (Å²) in [4.78, 5) is 12.8. The molecule has 70 valence electrons. The molecule has 4 heteroatoms. The molecule has 1 aliphatic rings. The molecule has 0 aromatic rings. The predicted molar refractivity (Wildman–Crippen MR) is 49.1 cm³/mol. The summed E-state index contributed by atoms with van der Waals surface area (Å²) in [6.07, 6.45) is 0.935. The third-order valence-corrected chi connectivity index (χ3v) is 2.92. The highest BCUT2D eigenvalue weighted by Crippen LogP contribution is 2.21. The van der Waals surface area contributed by atoms with Gasteiger partial charge in [0.2, 0.25) is 5.91 Å². The Morgan fingerprint density at radius 2 is 2.42 bits per heavy atom. The zero-order valence-electron chi connectivity index (χ0n) is 7.29. The quantitative estimate of drug-likeness (QED) is 0.610. The fraction of sp³-hybridized carbons (Fsp3) is 0.875. The van der Waals surface area contributed by atoms with Crippen molar-refractivity contribution >= 4 is 17.5 Å². The molecule has 2 N–H and O–H groups in total. The lowest BCUT2D eigenvalue weighted by Gasteiger charge is -2.34. The van der Waals surface area contributed by atoms with Gasteiger partial charge in [-0.15, -0.1) is 11.6 Å². The second kappa shape index (κ2) is 4.10. The van der Waals surface area contributed by atoms with Crippen LogP contribution in [-0.2, 0) is 4.79 Å². The van der Waals surface area contributed by atoms with Crippen LogP contribution in [0.4, 0.5) is 0 Å². The number of hydrogen-bond donors (Lipinski definition) is 1. The third-order valence-electron chi connectivity index (χ3n) is 2.42. The number of hydrogen-bond acceptors (Lipinski definition) is 2. The topological polar surface area (TPSA) is 46.3 Å². The minimum absolute atomic E-state index is 0.0349. The van der Waals surface area contributed by atoms with Gasteiger partial charge in [0.25, 0.3) is 0 Å². The maximum atomic E-state index is 11.0. The van der Waals surface area contributed by atoms with Gasteiger partial charge in [0.1, 0.15) is 0 Å². The van der Waals surface area contributed by atoms with Gasteiger partial charge < -0.3 is 10.6 Å². The average Bonchev–Trinajstić information content (AvgIpc) is 2.04. The fourth-order valence-corrected chi connectivity index (χ4v) is 1.90. The summed E-state index contributed by atoms with van der Waals surface area (Å²) in [7, 11) is 0. The SMILES string of the molecule is CC(=O)N1CCC(CN)C(Cl)C1. The molecule has 12 heavy (non-hydrogen) atoms. The predicted octanol–water partition coefficient (Wildman–Crippen LogP) is 0.421. The Morgan fingerprint density at radius 1 is 1.75 bits per heavy atom. The van der Waals surface area contributed by atoms with Crippen molar-refractivity contribution in [3.8, 4) is 0 Å². The van der Waals surface area contributed by atoms with E-state index in [0.29, 0.717) is 19.0 Å². The standard InChI is InChI=1S/C8H15ClN2O/c1-6(12)11-3-2-7(4-10)8(9)5-11/h7-8H,2-5,10H2,1H3. The Bertz CT molecular complexity index is 174. The van der Waals surface area contributed by atoms with Crippen molar-refractivity contribution in [3.63, 3.8) is 0 Å². The summed E-state index contributed by atoms with van der Waals surface area (Å²) in [5.41, 5.74) is 5.53. The average molecular weight is 191 g/mol. The van der Waals surface area contributed by atoms with Crippen molar-refractivity contribution in [2.75, 3.05) is 19.6 Å². The minimum Gasteiger partial charge on any atom is -0.341 e. The molecule has 0 radical (unpaired) electrons. The number of halogens is 1. The summed E-state index contributed by atoms with van der Waals surface area (Å²) in [5, 5.41) is 0.0349. The molecular weight excluding hydrogens is 176 g/mol. The molecule has 2 atom stereocenters. The Balaban J connectivity index is 2.46. The van der Waals surface area contributed by atoms with Crippen molar-refractivity contribution in [2.24, 2.45) is 11.7 Å². The Labute approximate surface area is 77.9 Å². The first kappa shape index (κ1) is 9.81. The summed E-state index contributed by atoms with van der Waals surface area (Å²) in [6.45, 7) is 3.66. The molecule has 1 rings (SSSR count). The molecule has 1 fully saturated rings. The smallest absolute Gasteiger partial charge is 0.219 e. The van der Waals surface area contributed by atoms with Gasteiger partial charge in [0, 0.05) is 20.0 Å². The van der Waals surface area contributed by atoms with Crippen LogP contribution < -0.4 is 5.73 Å². The Morgan fingerprint density at radius 3 is 2.83 bits per heavy atom. The number of amides is 1. The maximum absolute atomic E-state index is 11.0. The first-order valence-electron chi connectivity index (χ1n) is 4.24. The number of likely N-dealkylation sites (tertiary alicyclic amines) is 1. The van der Waals surface area contributed by atoms with Gasteiger partial charge in [-0.05, 0) is 18.9 Å². The van der Waals surface area contributed by atoms with E-state index >= 15 is 0 Å². The lowest BCUT2D eigenvalue weighted by atomic mass is 9.96. The largest absolute Gasteiger partial charge is 0.341 e. The summed E-state index contributed by atoms with van der Waals surface area (Å²) in [5.74, 6) is 0.485. The van der Waals surface area contributed by atoms with E-state index in [0.717, 1.165) is 13.0 Å². The van der Waals surface area contributed by atoms with Crippen LogP contribution in [0.15, 0.2) is 0 Å². The molecule has 1 heterocycles. The first-order chi connectivity index (χ1) is 5.65. The number of piperidine rings is 1. The van der Waals surface area contributed by atoms with E-state index in [1.165, 1.54) is 0 Å².